The number of amides is 1. The minimum Gasteiger partial charge on any atom is -0.309 e. The Morgan fingerprint density at radius 3 is 2.84 bits per heavy atom. The van der Waals surface area contributed by atoms with Crippen molar-refractivity contribution in [3.8, 4) is 11.3 Å². The van der Waals surface area contributed by atoms with Crippen molar-refractivity contribution in [2.45, 2.75) is 19.8 Å². The van der Waals surface area contributed by atoms with Crippen molar-refractivity contribution in [1.82, 2.24) is 20.4 Å². The Morgan fingerprint density at radius 2 is 2.08 bits per heavy atom. The fraction of sp³-hybridized carbons (Fsp3) is 0.176. The highest BCUT2D eigenvalue weighted by atomic mass is 35.5. The molecule has 3 rings (SSSR count). The highest BCUT2D eigenvalue weighted by molar-refractivity contribution is 6.30. The fourth-order valence-corrected chi connectivity index (χ4v) is 2.46. The van der Waals surface area contributed by atoms with E-state index in [2.05, 4.69) is 25.7 Å². The molecular formula is C17H15ClFN5O. The third-order valence-corrected chi connectivity index (χ3v) is 4.00. The van der Waals surface area contributed by atoms with Gasteiger partial charge < -0.3 is 5.32 Å². The first-order valence-electron chi connectivity index (χ1n) is 7.60. The number of nitrogens with zero attached hydrogens (tertiary/aromatic N) is 3. The maximum Gasteiger partial charge on any atom is 0.225 e. The zero-order chi connectivity index (χ0) is 17.8. The highest BCUT2D eigenvalue weighted by Crippen LogP contribution is 2.22. The first-order valence-corrected chi connectivity index (χ1v) is 7.97. The molecule has 2 aromatic heterocycles. The molecule has 0 aliphatic rings. The Labute approximate surface area is 148 Å². The predicted molar refractivity (Wildman–Crippen MR) is 92.7 cm³/mol. The lowest BCUT2D eigenvalue weighted by Gasteiger charge is -2.03. The van der Waals surface area contributed by atoms with Crippen molar-refractivity contribution in [3.63, 3.8) is 0 Å². The number of hydrogen-bond donors (Lipinski definition) is 2. The number of H-pyrrole nitrogens is 1. The summed E-state index contributed by atoms with van der Waals surface area (Å²) in [7, 11) is 0. The van der Waals surface area contributed by atoms with Crippen LogP contribution in [0.4, 0.5) is 10.2 Å². The van der Waals surface area contributed by atoms with Gasteiger partial charge in [-0.3, -0.25) is 9.89 Å². The number of aryl methyl sites for hydroxylation is 2. The van der Waals surface area contributed by atoms with E-state index in [1.165, 1.54) is 12.1 Å². The van der Waals surface area contributed by atoms with Gasteiger partial charge in [-0.1, -0.05) is 17.7 Å². The molecule has 0 unspecified atom stereocenters. The molecule has 128 valence electrons. The molecule has 25 heavy (non-hydrogen) atoms. The standard InChI is InChI=1S/C17H15ClFN5O/c1-10-8-20-21-9-12(10)15-7-16(24-23-15)22-17(25)5-3-11-2-4-13(18)14(19)6-11/h2,4,6-9H,3,5H2,1H3,(H2,22,23,24,25). The van der Waals surface area contributed by atoms with E-state index in [-0.39, 0.29) is 17.4 Å². The summed E-state index contributed by atoms with van der Waals surface area (Å²) in [4.78, 5) is 12.0. The van der Waals surface area contributed by atoms with Crippen LogP contribution in [-0.4, -0.2) is 26.3 Å². The van der Waals surface area contributed by atoms with Gasteiger partial charge in [-0.15, -0.1) is 0 Å². The SMILES string of the molecule is Cc1cnncc1-c1cc(NC(=O)CCc2ccc(Cl)c(F)c2)n[nH]1. The zero-order valence-electron chi connectivity index (χ0n) is 13.4. The van der Waals surface area contributed by atoms with Crippen LogP contribution in [0.15, 0.2) is 36.7 Å². The van der Waals surface area contributed by atoms with Crippen LogP contribution >= 0.6 is 11.6 Å². The monoisotopic (exact) mass is 359 g/mol. The van der Waals surface area contributed by atoms with E-state index in [9.17, 15) is 9.18 Å². The molecule has 0 aliphatic heterocycles. The number of aromatic amines is 1. The molecule has 0 spiro atoms. The molecule has 0 bridgehead atoms. The van der Waals surface area contributed by atoms with Crippen LogP contribution in [0.3, 0.4) is 0 Å². The molecule has 3 aromatic rings. The van der Waals surface area contributed by atoms with Gasteiger partial charge >= 0.3 is 0 Å². The van der Waals surface area contributed by atoms with Crippen LogP contribution in [0.5, 0.6) is 0 Å². The topological polar surface area (TPSA) is 83.6 Å². The molecule has 2 heterocycles. The van der Waals surface area contributed by atoms with Crippen molar-refractivity contribution in [2.75, 3.05) is 5.32 Å². The lowest BCUT2D eigenvalue weighted by Crippen LogP contribution is -2.12. The molecule has 1 amide bonds. The highest BCUT2D eigenvalue weighted by Gasteiger charge is 2.10. The van der Waals surface area contributed by atoms with Crippen molar-refractivity contribution in [1.29, 1.82) is 0 Å². The number of carbonyl (C=O) groups excluding carboxylic acids is 1. The van der Waals surface area contributed by atoms with Gasteiger partial charge in [0.05, 0.1) is 23.1 Å². The summed E-state index contributed by atoms with van der Waals surface area (Å²) in [6, 6.07) is 6.24. The number of nitrogens with one attached hydrogen (secondary N) is 2. The molecule has 6 nitrogen and oxygen atoms in total. The second kappa shape index (κ2) is 7.40. The van der Waals surface area contributed by atoms with Gasteiger partial charge in [-0.25, -0.2) is 4.39 Å². The molecule has 8 heteroatoms. The molecule has 1 aromatic carbocycles. The van der Waals surface area contributed by atoms with E-state index in [1.54, 1.807) is 24.5 Å². The number of halogens is 2. The number of rotatable bonds is 5. The Bertz CT molecular complexity index is 912. The van der Waals surface area contributed by atoms with Gasteiger partial charge in [-0.05, 0) is 36.6 Å². The van der Waals surface area contributed by atoms with Crippen LogP contribution in [0.1, 0.15) is 17.5 Å². The summed E-state index contributed by atoms with van der Waals surface area (Å²) in [5.74, 6) is -0.283. The van der Waals surface area contributed by atoms with Crippen LogP contribution < -0.4 is 5.32 Å². The normalized spacial score (nSPS) is 10.7. The molecule has 2 N–H and O–H groups in total. The van der Waals surface area contributed by atoms with Gasteiger partial charge in [0.1, 0.15) is 5.82 Å². The molecule has 0 saturated carbocycles. The van der Waals surface area contributed by atoms with E-state index < -0.39 is 5.82 Å². The van der Waals surface area contributed by atoms with E-state index in [0.29, 0.717) is 17.8 Å². The van der Waals surface area contributed by atoms with Crippen LogP contribution in [0.25, 0.3) is 11.3 Å². The molecule has 0 radical (unpaired) electrons. The minimum atomic E-state index is -0.488. The summed E-state index contributed by atoms with van der Waals surface area (Å²) < 4.78 is 13.4. The Kier molecular flexibility index (Phi) is 5.04. The summed E-state index contributed by atoms with van der Waals surface area (Å²) in [6.45, 7) is 1.91. The third kappa shape index (κ3) is 4.19. The van der Waals surface area contributed by atoms with E-state index in [1.807, 2.05) is 6.92 Å². The first-order chi connectivity index (χ1) is 12.0. The number of benzene rings is 1. The molecular weight excluding hydrogens is 345 g/mol. The van der Waals surface area contributed by atoms with Crippen LogP contribution in [-0.2, 0) is 11.2 Å². The van der Waals surface area contributed by atoms with Crippen molar-refractivity contribution < 1.29 is 9.18 Å². The maximum absolute atomic E-state index is 13.4. The minimum absolute atomic E-state index is 0.0677. The van der Waals surface area contributed by atoms with Gasteiger partial charge in [0.25, 0.3) is 0 Å². The summed E-state index contributed by atoms with van der Waals surface area (Å²) >= 11 is 5.64. The van der Waals surface area contributed by atoms with Gasteiger partial charge in [0, 0.05) is 18.1 Å². The summed E-state index contributed by atoms with van der Waals surface area (Å²) in [6.07, 6.45) is 3.90. The Morgan fingerprint density at radius 1 is 1.28 bits per heavy atom. The average Bonchev–Trinajstić information content (AvgIpc) is 3.04. The lowest BCUT2D eigenvalue weighted by atomic mass is 10.1. The second-order valence-corrected chi connectivity index (χ2v) is 5.96. The summed E-state index contributed by atoms with van der Waals surface area (Å²) in [5.41, 5.74) is 3.25. The molecule has 0 fully saturated rings. The van der Waals surface area contributed by atoms with Gasteiger partial charge in [-0.2, -0.15) is 15.3 Å². The number of anilines is 1. The van der Waals surface area contributed by atoms with Crippen molar-refractivity contribution >= 4 is 23.3 Å². The van der Waals surface area contributed by atoms with E-state index in [0.717, 1.165) is 16.8 Å². The molecule has 0 saturated heterocycles. The van der Waals surface area contributed by atoms with Crippen LogP contribution in [0.2, 0.25) is 5.02 Å². The quantitative estimate of drug-likeness (QED) is 0.729. The van der Waals surface area contributed by atoms with E-state index >= 15 is 0 Å². The Hall–Kier alpha value is -2.80. The Balaban J connectivity index is 1.60. The number of aromatic nitrogens is 4. The molecule has 0 atom stereocenters. The average molecular weight is 360 g/mol. The predicted octanol–water partition coefficient (Wildman–Crippen LogP) is 3.54. The van der Waals surface area contributed by atoms with Crippen LogP contribution in [0, 0.1) is 12.7 Å². The van der Waals surface area contributed by atoms with Crippen molar-refractivity contribution in [2.24, 2.45) is 0 Å². The number of hydrogen-bond acceptors (Lipinski definition) is 4. The largest absolute Gasteiger partial charge is 0.309 e. The molecule has 0 aliphatic carbocycles. The smallest absolute Gasteiger partial charge is 0.225 e. The number of carbonyl (C=O) groups is 1. The van der Waals surface area contributed by atoms with E-state index in [4.69, 9.17) is 11.6 Å². The first kappa shape index (κ1) is 17.0. The lowest BCUT2D eigenvalue weighted by molar-refractivity contribution is -0.116. The second-order valence-electron chi connectivity index (χ2n) is 5.55. The third-order valence-electron chi connectivity index (χ3n) is 3.69. The summed E-state index contributed by atoms with van der Waals surface area (Å²) in [5, 5.41) is 17.4. The van der Waals surface area contributed by atoms with Gasteiger partial charge in [0.15, 0.2) is 5.82 Å². The zero-order valence-corrected chi connectivity index (χ0v) is 14.1. The fourth-order valence-electron chi connectivity index (χ4n) is 2.35. The van der Waals surface area contributed by atoms with Crippen molar-refractivity contribution in [3.05, 3.63) is 58.6 Å². The van der Waals surface area contributed by atoms with Gasteiger partial charge in [0.2, 0.25) is 5.91 Å². The maximum atomic E-state index is 13.4.